The molecule has 1 aromatic carbocycles. The van der Waals surface area contributed by atoms with Crippen molar-refractivity contribution in [2.45, 2.75) is 39.9 Å². The third-order valence-corrected chi connectivity index (χ3v) is 4.84. The second kappa shape index (κ2) is 8.95. The van der Waals surface area contributed by atoms with Gasteiger partial charge in [-0.3, -0.25) is 14.5 Å². The molecule has 10 heteroatoms. The molecule has 0 saturated carbocycles. The summed E-state index contributed by atoms with van der Waals surface area (Å²) in [5.41, 5.74) is -0.963. The Kier molecular flexibility index (Phi) is 7.02. The van der Waals surface area contributed by atoms with Crippen molar-refractivity contribution < 1.29 is 27.2 Å². The van der Waals surface area contributed by atoms with Crippen molar-refractivity contribution >= 4 is 40.0 Å². The predicted molar refractivity (Wildman–Crippen MR) is 108 cm³/mol. The number of hydrogen-bond acceptors (Lipinski definition) is 4. The van der Waals surface area contributed by atoms with Crippen LogP contribution in [0.15, 0.2) is 35.7 Å². The van der Waals surface area contributed by atoms with E-state index in [9.17, 15) is 27.2 Å². The molecule has 2 aromatic rings. The van der Waals surface area contributed by atoms with Crippen molar-refractivity contribution in [3.8, 4) is 0 Å². The second-order valence-corrected chi connectivity index (χ2v) is 8.38. The fraction of sp³-hybridized carbons (Fsp3) is 0.350. The monoisotopic (exact) mass is 443 g/mol. The molecule has 0 aliphatic rings. The quantitative estimate of drug-likeness (QED) is 0.518. The van der Waals surface area contributed by atoms with Gasteiger partial charge in [0.05, 0.1) is 11.4 Å². The molecule has 2 rings (SSSR count). The Hall–Kier alpha value is -2.75. The lowest BCUT2D eigenvalue weighted by molar-refractivity contribution is -0.179. The number of para-hydroxylation sites is 1. The highest BCUT2D eigenvalue weighted by molar-refractivity contribution is 7.14. The second-order valence-electron chi connectivity index (χ2n) is 7.54. The zero-order valence-electron chi connectivity index (χ0n) is 16.7. The average molecular weight is 443 g/mol. The Balaban J connectivity index is 2.20. The molecular weight excluding hydrogens is 422 g/mol. The van der Waals surface area contributed by atoms with Crippen molar-refractivity contribution in [2.75, 3.05) is 4.90 Å². The highest BCUT2D eigenvalue weighted by Gasteiger charge is 2.47. The number of anilines is 2. The number of alkyl halides is 3. The normalized spacial score (nSPS) is 13.3. The lowest BCUT2D eigenvalue weighted by atomic mass is 9.86. The van der Waals surface area contributed by atoms with Gasteiger partial charge in [-0.15, -0.1) is 11.3 Å². The van der Waals surface area contributed by atoms with E-state index in [0.717, 1.165) is 22.3 Å². The van der Waals surface area contributed by atoms with Crippen LogP contribution in [-0.4, -0.2) is 29.0 Å². The molecule has 30 heavy (non-hydrogen) atoms. The molecule has 0 aliphatic heterocycles. The molecule has 0 saturated heterocycles. The van der Waals surface area contributed by atoms with E-state index < -0.39 is 35.3 Å². The van der Waals surface area contributed by atoms with E-state index >= 15 is 0 Å². The summed E-state index contributed by atoms with van der Waals surface area (Å²) < 4.78 is 53.6. The van der Waals surface area contributed by atoms with E-state index in [1.54, 1.807) is 6.07 Å². The molecule has 0 fully saturated rings. The standard InChI is InChI=1S/C20H21F4N3O2S/c1-12(28)27(15-8-6-5-7-14(15)21)18-25-13(11-30-18)9-10-16(29)26-17(19(2,3)4)20(22,23)24/h5-11,17H,1-4H3,(H,26,29). The minimum absolute atomic E-state index is 0.0193. The van der Waals surface area contributed by atoms with Gasteiger partial charge in [-0.1, -0.05) is 32.9 Å². The van der Waals surface area contributed by atoms with Gasteiger partial charge >= 0.3 is 6.18 Å². The van der Waals surface area contributed by atoms with Gasteiger partial charge in [0.1, 0.15) is 11.9 Å². The number of aromatic nitrogens is 1. The summed E-state index contributed by atoms with van der Waals surface area (Å²) in [5.74, 6) is -2.01. The van der Waals surface area contributed by atoms with Crippen molar-refractivity contribution in [1.29, 1.82) is 0 Å². The SMILES string of the molecule is CC(=O)N(c1nc(C=CC(=O)NC(C(C)(C)C)C(F)(F)F)cs1)c1ccccc1F. The molecule has 0 radical (unpaired) electrons. The summed E-state index contributed by atoms with van der Waals surface area (Å²) >= 11 is 1.03. The molecule has 5 nitrogen and oxygen atoms in total. The molecule has 1 unspecified atom stereocenters. The number of hydrogen-bond donors (Lipinski definition) is 1. The average Bonchev–Trinajstić information content (AvgIpc) is 3.06. The zero-order valence-corrected chi connectivity index (χ0v) is 17.6. The number of carbonyl (C=O) groups is 2. The van der Waals surface area contributed by atoms with Crippen LogP contribution < -0.4 is 10.2 Å². The Labute approximate surface area is 175 Å². The number of thiazole rings is 1. The molecular formula is C20H21F4N3O2S. The molecule has 0 bridgehead atoms. The van der Waals surface area contributed by atoms with Gasteiger partial charge in [-0.25, -0.2) is 9.37 Å². The van der Waals surface area contributed by atoms with Crippen LogP contribution in [0.2, 0.25) is 0 Å². The van der Waals surface area contributed by atoms with E-state index in [4.69, 9.17) is 0 Å². The van der Waals surface area contributed by atoms with Gasteiger partial charge in [0.15, 0.2) is 5.13 Å². The van der Waals surface area contributed by atoms with Crippen LogP contribution >= 0.6 is 11.3 Å². The van der Waals surface area contributed by atoms with Crippen molar-refractivity contribution in [1.82, 2.24) is 10.3 Å². The molecule has 2 amide bonds. The summed E-state index contributed by atoms with van der Waals surface area (Å²) in [5, 5.41) is 3.62. The molecule has 1 heterocycles. The zero-order chi connectivity index (χ0) is 22.7. The van der Waals surface area contributed by atoms with Crippen LogP contribution in [0.1, 0.15) is 33.4 Å². The summed E-state index contributed by atoms with van der Waals surface area (Å²) in [6.07, 6.45) is -2.44. The van der Waals surface area contributed by atoms with Crippen LogP contribution in [-0.2, 0) is 9.59 Å². The third kappa shape index (κ3) is 5.88. The topological polar surface area (TPSA) is 62.3 Å². The van der Waals surface area contributed by atoms with E-state index in [0.29, 0.717) is 0 Å². The number of amides is 2. The van der Waals surface area contributed by atoms with E-state index in [-0.39, 0.29) is 16.5 Å². The maximum Gasteiger partial charge on any atom is 0.409 e. The minimum Gasteiger partial charge on any atom is -0.340 e. The molecule has 0 aliphatic carbocycles. The fourth-order valence-corrected chi connectivity index (χ4v) is 3.48. The molecule has 1 aromatic heterocycles. The maximum absolute atomic E-state index is 14.1. The number of benzene rings is 1. The first-order chi connectivity index (χ1) is 13.8. The lowest BCUT2D eigenvalue weighted by Gasteiger charge is -2.32. The Morgan fingerprint density at radius 3 is 2.37 bits per heavy atom. The minimum atomic E-state index is -4.60. The van der Waals surface area contributed by atoms with Crippen LogP contribution in [0, 0.1) is 11.2 Å². The van der Waals surface area contributed by atoms with E-state index in [1.165, 1.54) is 57.4 Å². The maximum atomic E-state index is 14.1. The number of carbonyl (C=O) groups excluding carboxylic acids is 2. The number of rotatable bonds is 5. The summed E-state index contributed by atoms with van der Waals surface area (Å²) in [4.78, 5) is 29.3. The molecule has 162 valence electrons. The summed E-state index contributed by atoms with van der Waals surface area (Å²) in [7, 11) is 0. The van der Waals surface area contributed by atoms with Crippen molar-refractivity contribution in [3.05, 3.63) is 47.2 Å². The van der Waals surface area contributed by atoms with Crippen molar-refractivity contribution in [2.24, 2.45) is 5.41 Å². The molecule has 0 spiro atoms. The Morgan fingerprint density at radius 2 is 1.83 bits per heavy atom. The largest absolute Gasteiger partial charge is 0.409 e. The lowest BCUT2D eigenvalue weighted by Crippen LogP contribution is -2.52. The van der Waals surface area contributed by atoms with Crippen LogP contribution in [0.25, 0.3) is 6.08 Å². The van der Waals surface area contributed by atoms with E-state index in [2.05, 4.69) is 4.98 Å². The van der Waals surface area contributed by atoms with Crippen LogP contribution in [0.4, 0.5) is 28.4 Å². The summed E-state index contributed by atoms with van der Waals surface area (Å²) in [6.45, 7) is 5.38. The van der Waals surface area contributed by atoms with Crippen molar-refractivity contribution in [3.63, 3.8) is 0 Å². The van der Waals surface area contributed by atoms with Crippen LogP contribution in [0.3, 0.4) is 0 Å². The first-order valence-corrected chi connectivity index (χ1v) is 9.74. The third-order valence-electron chi connectivity index (χ3n) is 3.99. The summed E-state index contributed by atoms with van der Waals surface area (Å²) in [6, 6.07) is 3.65. The van der Waals surface area contributed by atoms with Gasteiger partial charge < -0.3 is 5.32 Å². The number of nitrogens with one attached hydrogen (secondary N) is 1. The molecule has 1 atom stereocenters. The molecule has 1 N–H and O–H groups in total. The first kappa shape index (κ1) is 23.5. The highest BCUT2D eigenvalue weighted by atomic mass is 32.1. The smallest absolute Gasteiger partial charge is 0.340 e. The van der Waals surface area contributed by atoms with Crippen LogP contribution in [0.5, 0.6) is 0 Å². The number of nitrogens with zero attached hydrogens (tertiary/aromatic N) is 2. The fourth-order valence-electron chi connectivity index (χ4n) is 2.64. The Bertz CT molecular complexity index is 934. The van der Waals surface area contributed by atoms with Gasteiger partial charge in [-0.2, -0.15) is 13.2 Å². The first-order valence-electron chi connectivity index (χ1n) is 8.86. The number of halogens is 4. The van der Waals surface area contributed by atoms with Gasteiger partial charge in [0.2, 0.25) is 11.8 Å². The highest BCUT2D eigenvalue weighted by Crippen LogP contribution is 2.33. The predicted octanol–water partition coefficient (Wildman–Crippen LogP) is 5.07. The van der Waals surface area contributed by atoms with Gasteiger partial charge in [0, 0.05) is 18.4 Å². The van der Waals surface area contributed by atoms with E-state index in [1.807, 2.05) is 5.32 Å². The Morgan fingerprint density at radius 1 is 1.20 bits per heavy atom. The van der Waals surface area contributed by atoms with Gasteiger partial charge in [0.25, 0.3) is 0 Å². The van der Waals surface area contributed by atoms with Gasteiger partial charge in [-0.05, 0) is 23.6 Å².